The molecule has 0 bridgehead atoms. The lowest BCUT2D eigenvalue weighted by Gasteiger charge is -2.09. The summed E-state index contributed by atoms with van der Waals surface area (Å²) >= 11 is 2.17. The number of aromatic nitrogens is 4. The van der Waals surface area contributed by atoms with Crippen molar-refractivity contribution in [3.8, 4) is 0 Å². The van der Waals surface area contributed by atoms with Gasteiger partial charge in [-0.3, -0.25) is 9.59 Å². The van der Waals surface area contributed by atoms with Crippen LogP contribution in [-0.4, -0.2) is 49.5 Å². The standard InChI is InChI=1S/C22H26N6O4S2/c1-5-9-28-15(11-14-8-7-10-27(14)4)25-26-22(28)33-12-16(29)24-20-17(21(31)32-6-2)13(3)18(34-20)19(23)30/h5,7-8,10H,1,6,9,11-12H2,2-4H3,(H2,23,30)(H,24,29). The maximum Gasteiger partial charge on any atom is 0.341 e. The van der Waals surface area contributed by atoms with E-state index in [1.807, 2.05) is 34.5 Å². The Bertz CT molecular complexity index is 1230. The van der Waals surface area contributed by atoms with E-state index in [1.54, 1.807) is 19.9 Å². The molecular weight excluding hydrogens is 476 g/mol. The Morgan fingerprint density at radius 2 is 2.12 bits per heavy atom. The van der Waals surface area contributed by atoms with Crippen molar-refractivity contribution in [1.29, 1.82) is 0 Å². The minimum atomic E-state index is -0.675. The maximum atomic E-state index is 12.7. The molecular formula is C22H26N6O4S2. The summed E-state index contributed by atoms with van der Waals surface area (Å²) in [5.41, 5.74) is 7.02. The molecule has 0 saturated carbocycles. The first-order chi connectivity index (χ1) is 16.3. The number of thiophene rings is 1. The summed E-state index contributed by atoms with van der Waals surface area (Å²) in [6.07, 6.45) is 4.29. The third-order valence-electron chi connectivity index (χ3n) is 4.93. The molecule has 34 heavy (non-hydrogen) atoms. The molecule has 0 aliphatic carbocycles. The first-order valence-electron chi connectivity index (χ1n) is 10.4. The lowest BCUT2D eigenvalue weighted by molar-refractivity contribution is -0.113. The molecule has 0 fully saturated rings. The summed E-state index contributed by atoms with van der Waals surface area (Å²) in [4.78, 5) is 37.0. The zero-order valence-electron chi connectivity index (χ0n) is 19.2. The van der Waals surface area contributed by atoms with Crippen LogP contribution < -0.4 is 11.1 Å². The fraction of sp³-hybridized carbons (Fsp3) is 0.318. The summed E-state index contributed by atoms with van der Waals surface area (Å²) in [5.74, 6) is -0.891. The lowest BCUT2D eigenvalue weighted by atomic mass is 10.1. The molecule has 12 heteroatoms. The van der Waals surface area contributed by atoms with E-state index in [0.29, 0.717) is 23.7 Å². The molecule has 0 spiro atoms. The van der Waals surface area contributed by atoms with E-state index in [2.05, 4.69) is 22.1 Å². The second kappa shape index (κ2) is 11.2. The smallest absolute Gasteiger partial charge is 0.341 e. The second-order valence-corrected chi connectivity index (χ2v) is 9.23. The van der Waals surface area contributed by atoms with E-state index in [0.717, 1.165) is 22.9 Å². The molecule has 180 valence electrons. The van der Waals surface area contributed by atoms with Crippen LogP contribution in [0.3, 0.4) is 0 Å². The fourth-order valence-corrected chi connectivity index (χ4v) is 5.12. The topological polar surface area (TPSA) is 134 Å². The highest BCUT2D eigenvalue weighted by Crippen LogP contribution is 2.33. The fourth-order valence-electron chi connectivity index (χ4n) is 3.29. The number of primary amides is 1. The summed E-state index contributed by atoms with van der Waals surface area (Å²) in [5, 5.41) is 12.0. The number of rotatable bonds is 11. The molecule has 0 unspecified atom stereocenters. The number of thioether (sulfide) groups is 1. The van der Waals surface area contributed by atoms with Gasteiger partial charge in [0.25, 0.3) is 5.91 Å². The van der Waals surface area contributed by atoms with Crippen molar-refractivity contribution in [2.24, 2.45) is 12.8 Å². The second-order valence-electron chi connectivity index (χ2n) is 7.27. The van der Waals surface area contributed by atoms with Gasteiger partial charge in [-0.2, -0.15) is 0 Å². The van der Waals surface area contributed by atoms with Crippen molar-refractivity contribution in [3.05, 3.63) is 58.5 Å². The first kappa shape index (κ1) is 25.2. The Morgan fingerprint density at radius 3 is 2.74 bits per heavy atom. The molecule has 3 aromatic rings. The van der Waals surface area contributed by atoms with Crippen LogP contribution in [0.15, 0.2) is 36.1 Å². The van der Waals surface area contributed by atoms with Crippen LogP contribution in [0, 0.1) is 6.92 Å². The molecule has 0 atom stereocenters. The van der Waals surface area contributed by atoms with E-state index in [1.165, 1.54) is 11.8 Å². The largest absolute Gasteiger partial charge is 0.462 e. The van der Waals surface area contributed by atoms with Crippen LogP contribution in [0.2, 0.25) is 0 Å². The highest BCUT2D eigenvalue weighted by atomic mass is 32.2. The van der Waals surface area contributed by atoms with E-state index < -0.39 is 11.9 Å². The quantitative estimate of drug-likeness (QED) is 0.234. The number of hydrogen-bond donors (Lipinski definition) is 2. The number of esters is 1. The van der Waals surface area contributed by atoms with Gasteiger partial charge in [-0.05, 0) is 31.5 Å². The predicted octanol–water partition coefficient (Wildman–Crippen LogP) is 2.77. The SMILES string of the molecule is C=CCn1c(Cc2cccn2C)nnc1SCC(=O)Nc1sc(C(N)=O)c(C)c1C(=O)OCC. The minimum Gasteiger partial charge on any atom is -0.462 e. The third kappa shape index (κ3) is 5.57. The third-order valence-corrected chi connectivity index (χ3v) is 7.12. The summed E-state index contributed by atoms with van der Waals surface area (Å²) in [6.45, 7) is 7.73. The number of ether oxygens (including phenoxy) is 1. The van der Waals surface area contributed by atoms with E-state index in [9.17, 15) is 14.4 Å². The number of amides is 2. The normalized spacial score (nSPS) is 10.8. The van der Waals surface area contributed by atoms with Gasteiger partial charge in [-0.1, -0.05) is 17.8 Å². The first-order valence-corrected chi connectivity index (χ1v) is 12.2. The molecule has 10 nitrogen and oxygen atoms in total. The van der Waals surface area contributed by atoms with Crippen LogP contribution >= 0.6 is 23.1 Å². The number of hydrogen-bond acceptors (Lipinski definition) is 8. The molecule has 3 aromatic heterocycles. The molecule has 3 heterocycles. The van der Waals surface area contributed by atoms with Gasteiger partial charge in [-0.25, -0.2) is 4.79 Å². The van der Waals surface area contributed by atoms with Crippen molar-refractivity contribution >= 4 is 45.9 Å². The van der Waals surface area contributed by atoms with Gasteiger partial charge in [0.2, 0.25) is 5.91 Å². The number of allylic oxidation sites excluding steroid dienone is 1. The number of carbonyl (C=O) groups is 3. The molecule has 0 aliphatic heterocycles. The van der Waals surface area contributed by atoms with E-state index in [-0.39, 0.29) is 33.7 Å². The average Bonchev–Trinajstić information content (AvgIpc) is 3.45. The van der Waals surface area contributed by atoms with Crippen LogP contribution in [0.5, 0.6) is 0 Å². The lowest BCUT2D eigenvalue weighted by Crippen LogP contribution is -2.17. The highest BCUT2D eigenvalue weighted by molar-refractivity contribution is 7.99. The van der Waals surface area contributed by atoms with Crippen LogP contribution in [0.4, 0.5) is 5.00 Å². The van der Waals surface area contributed by atoms with Crippen molar-refractivity contribution in [1.82, 2.24) is 19.3 Å². The summed E-state index contributed by atoms with van der Waals surface area (Å²) in [6, 6.07) is 3.97. The van der Waals surface area contributed by atoms with E-state index in [4.69, 9.17) is 10.5 Å². The number of carbonyl (C=O) groups excluding carboxylic acids is 3. The van der Waals surface area contributed by atoms with Crippen molar-refractivity contribution in [2.45, 2.75) is 32.0 Å². The molecule has 0 radical (unpaired) electrons. The number of nitrogens with one attached hydrogen (secondary N) is 1. The molecule has 0 aromatic carbocycles. The van der Waals surface area contributed by atoms with Crippen molar-refractivity contribution < 1.29 is 19.1 Å². The zero-order valence-corrected chi connectivity index (χ0v) is 20.8. The van der Waals surface area contributed by atoms with Crippen molar-refractivity contribution in [3.63, 3.8) is 0 Å². The molecule has 0 saturated heterocycles. The van der Waals surface area contributed by atoms with Crippen LogP contribution in [-0.2, 0) is 29.5 Å². The Kier molecular flexibility index (Phi) is 8.29. The number of nitrogens with two attached hydrogens (primary N) is 1. The average molecular weight is 503 g/mol. The van der Waals surface area contributed by atoms with Gasteiger partial charge < -0.3 is 24.9 Å². The Morgan fingerprint density at radius 1 is 1.35 bits per heavy atom. The van der Waals surface area contributed by atoms with Crippen LogP contribution in [0.25, 0.3) is 0 Å². The molecule has 0 aliphatic rings. The van der Waals surface area contributed by atoms with Gasteiger partial charge >= 0.3 is 5.97 Å². The minimum absolute atomic E-state index is 0.0184. The molecule has 3 rings (SSSR count). The van der Waals surface area contributed by atoms with Gasteiger partial charge in [0, 0.05) is 31.9 Å². The van der Waals surface area contributed by atoms with Gasteiger partial charge in [0.1, 0.15) is 10.8 Å². The van der Waals surface area contributed by atoms with E-state index >= 15 is 0 Å². The number of aryl methyl sites for hydroxylation is 1. The Labute approximate surface area is 205 Å². The predicted molar refractivity (Wildman–Crippen MR) is 131 cm³/mol. The monoisotopic (exact) mass is 502 g/mol. The number of nitrogens with zero attached hydrogens (tertiary/aromatic N) is 4. The Hall–Kier alpha value is -3.38. The van der Waals surface area contributed by atoms with Gasteiger partial charge in [0.05, 0.1) is 22.8 Å². The van der Waals surface area contributed by atoms with Crippen molar-refractivity contribution in [2.75, 3.05) is 17.7 Å². The van der Waals surface area contributed by atoms with Gasteiger partial charge in [-0.15, -0.1) is 28.1 Å². The van der Waals surface area contributed by atoms with Crippen LogP contribution in [0.1, 0.15) is 44.0 Å². The molecule has 2 amide bonds. The Balaban J connectivity index is 1.75. The molecule has 3 N–H and O–H groups in total. The highest BCUT2D eigenvalue weighted by Gasteiger charge is 2.26. The maximum absolute atomic E-state index is 12.7. The summed E-state index contributed by atoms with van der Waals surface area (Å²) in [7, 11) is 1.96. The van der Waals surface area contributed by atoms with Gasteiger partial charge in [0.15, 0.2) is 5.16 Å². The zero-order chi connectivity index (χ0) is 24.8. The summed E-state index contributed by atoms with van der Waals surface area (Å²) < 4.78 is 8.99. The number of anilines is 1.